The Kier molecular flexibility index (Phi) is 17.1. The SMILES string of the molecule is COc1ccc(O[C@@H]2O[C@H](COCc3ccccc3)[C@@H](O)[C@H](O[C@@H]3O[C@@H](C)[C@@H](OCc4ccccc4)[C@@H](OCc4ccccc4)[C@@H]3OCc3ccccc3)[C@H]2N2C(=O)c3c(Cl)c(Cl)c(Cl)c(Cl)c3C2=O)cc1. The molecule has 0 radical (unpaired) electrons. The van der Waals surface area contributed by atoms with E-state index in [1.807, 2.05) is 128 Å². The van der Waals surface area contributed by atoms with Gasteiger partial charge in [0.2, 0.25) is 6.29 Å². The lowest BCUT2D eigenvalue weighted by Crippen LogP contribution is -2.69. The number of benzene rings is 6. The maximum atomic E-state index is 14.9. The van der Waals surface area contributed by atoms with Gasteiger partial charge in [-0.3, -0.25) is 14.5 Å². The lowest BCUT2D eigenvalue weighted by Gasteiger charge is -2.50. The van der Waals surface area contributed by atoms with Crippen molar-refractivity contribution < 1.29 is 57.3 Å². The minimum absolute atomic E-state index is 0.0789. The molecule has 376 valence electrons. The van der Waals surface area contributed by atoms with Crippen LogP contribution in [0.4, 0.5) is 0 Å². The third-order valence-corrected chi connectivity index (χ3v) is 14.5. The molecular formula is C55H51Cl4NO12. The zero-order valence-electron chi connectivity index (χ0n) is 39.1. The summed E-state index contributed by atoms with van der Waals surface area (Å²) in [5, 5.41) is 11.7. The van der Waals surface area contributed by atoms with Crippen molar-refractivity contribution in [2.75, 3.05) is 13.7 Å². The predicted octanol–water partition coefficient (Wildman–Crippen LogP) is 10.5. The Morgan fingerprint density at radius 2 is 0.972 bits per heavy atom. The topological polar surface area (TPSA) is 141 Å². The number of hydrogen-bond donors (Lipinski definition) is 1. The van der Waals surface area contributed by atoms with E-state index in [0.717, 1.165) is 27.2 Å². The van der Waals surface area contributed by atoms with Gasteiger partial charge in [0.25, 0.3) is 11.8 Å². The fraction of sp³-hybridized carbons (Fsp3) is 0.309. The molecule has 3 aliphatic rings. The lowest BCUT2D eigenvalue weighted by molar-refractivity contribution is -0.353. The number of aliphatic hydroxyl groups excluding tert-OH is 1. The summed E-state index contributed by atoms with van der Waals surface area (Å²) in [6, 6.07) is 43.3. The first kappa shape index (κ1) is 51.8. The molecule has 2 saturated heterocycles. The van der Waals surface area contributed by atoms with Gasteiger partial charge in [-0.1, -0.05) is 168 Å². The smallest absolute Gasteiger partial charge is 0.263 e. The van der Waals surface area contributed by atoms with E-state index in [-0.39, 0.29) is 70.0 Å². The summed E-state index contributed by atoms with van der Waals surface area (Å²) in [6.45, 7) is 2.25. The molecule has 0 aliphatic carbocycles. The first-order valence-electron chi connectivity index (χ1n) is 23.3. The number of ether oxygens (including phenoxy) is 9. The molecule has 3 aliphatic heterocycles. The molecule has 72 heavy (non-hydrogen) atoms. The molecule has 3 heterocycles. The van der Waals surface area contributed by atoms with Crippen molar-refractivity contribution in [2.45, 2.75) is 94.7 Å². The second kappa shape index (κ2) is 23.8. The summed E-state index contributed by atoms with van der Waals surface area (Å²) in [5.41, 5.74) is 2.91. The zero-order valence-corrected chi connectivity index (χ0v) is 42.1. The molecule has 9 rings (SSSR count). The Labute approximate surface area is 437 Å². The van der Waals surface area contributed by atoms with E-state index in [9.17, 15) is 14.7 Å². The highest BCUT2D eigenvalue weighted by molar-refractivity contribution is 6.55. The summed E-state index contributed by atoms with van der Waals surface area (Å²) in [7, 11) is 1.52. The normalized spacial score (nSPS) is 25.1. The Balaban J connectivity index is 1.14. The second-order valence-corrected chi connectivity index (χ2v) is 18.9. The van der Waals surface area contributed by atoms with E-state index in [4.69, 9.17) is 89.0 Å². The van der Waals surface area contributed by atoms with Crippen molar-refractivity contribution in [3.63, 3.8) is 0 Å². The van der Waals surface area contributed by atoms with E-state index in [1.54, 1.807) is 24.3 Å². The van der Waals surface area contributed by atoms with Gasteiger partial charge in [-0.05, 0) is 53.4 Å². The van der Waals surface area contributed by atoms with Crippen molar-refractivity contribution in [2.24, 2.45) is 0 Å². The fourth-order valence-electron chi connectivity index (χ4n) is 8.99. The van der Waals surface area contributed by atoms with Gasteiger partial charge in [0, 0.05) is 0 Å². The Morgan fingerprint density at radius 1 is 0.528 bits per heavy atom. The number of hydrogen-bond acceptors (Lipinski definition) is 12. The van der Waals surface area contributed by atoms with Crippen LogP contribution in [-0.4, -0.2) is 96.9 Å². The van der Waals surface area contributed by atoms with Crippen LogP contribution in [0.2, 0.25) is 20.1 Å². The molecule has 10 atom stereocenters. The number of carbonyl (C=O) groups excluding carboxylic acids is 2. The van der Waals surface area contributed by atoms with E-state index in [0.29, 0.717) is 5.75 Å². The number of halogens is 4. The van der Waals surface area contributed by atoms with Crippen LogP contribution in [0.1, 0.15) is 49.9 Å². The summed E-state index contributed by atoms with van der Waals surface area (Å²) < 4.78 is 59.1. The molecule has 0 spiro atoms. The van der Waals surface area contributed by atoms with Crippen LogP contribution in [0.25, 0.3) is 0 Å². The Hall–Kier alpha value is -5.10. The molecule has 17 heteroatoms. The highest BCUT2D eigenvalue weighted by Crippen LogP contribution is 2.47. The molecule has 2 fully saturated rings. The van der Waals surface area contributed by atoms with Crippen LogP contribution >= 0.6 is 46.4 Å². The van der Waals surface area contributed by atoms with Crippen LogP contribution in [0.15, 0.2) is 146 Å². The fourth-order valence-corrected chi connectivity index (χ4v) is 10.0. The number of carbonyl (C=O) groups is 2. The third kappa shape index (κ3) is 11.5. The van der Waals surface area contributed by atoms with Crippen molar-refractivity contribution >= 4 is 58.2 Å². The predicted molar refractivity (Wildman–Crippen MR) is 269 cm³/mol. The molecular weight excluding hydrogens is 1010 g/mol. The number of aliphatic hydroxyl groups is 1. The quantitative estimate of drug-likeness (QED) is 0.0469. The number of methoxy groups -OCH3 is 1. The monoisotopic (exact) mass is 1060 g/mol. The van der Waals surface area contributed by atoms with Crippen LogP contribution in [-0.2, 0) is 59.6 Å². The van der Waals surface area contributed by atoms with Gasteiger partial charge in [0.15, 0.2) is 6.29 Å². The summed E-state index contributed by atoms with van der Waals surface area (Å²) in [5.74, 6) is -1.07. The molecule has 13 nitrogen and oxygen atoms in total. The summed E-state index contributed by atoms with van der Waals surface area (Å²) >= 11 is 26.4. The van der Waals surface area contributed by atoms with Gasteiger partial charge < -0.3 is 47.7 Å². The standard InChI is InChI=1S/C55H51Cl4NO12/c1-32-48(66-28-34-17-9-4-10-18-34)50(67-29-35-19-11-5-12-20-35)51(68-30-36-21-13-6-14-22-36)55(69-32)72-49-46(60-52(62)40-41(53(60)63)43(57)45(59)44(58)42(40)56)54(70-38-25-23-37(64-2)24-26-38)71-39(47(49)61)31-65-27-33-15-7-3-8-16-33/h3-26,32,39,46-51,54-55,61H,27-31H2,1-2H3/t32-,39+,46+,47+,48+,49+,50+,51-,54+,55-/m0/s1. The minimum Gasteiger partial charge on any atom is -0.497 e. The molecule has 0 unspecified atom stereocenters. The molecule has 0 aromatic heterocycles. The average Bonchev–Trinajstić information content (AvgIpc) is 3.67. The van der Waals surface area contributed by atoms with E-state index >= 15 is 0 Å². The largest absolute Gasteiger partial charge is 0.497 e. The Bertz CT molecular complexity index is 2720. The molecule has 6 aromatic carbocycles. The maximum Gasteiger partial charge on any atom is 0.263 e. The number of imide groups is 1. The highest BCUT2D eigenvalue weighted by atomic mass is 35.5. The first-order valence-corrected chi connectivity index (χ1v) is 24.8. The highest BCUT2D eigenvalue weighted by Gasteiger charge is 2.59. The van der Waals surface area contributed by atoms with Gasteiger partial charge in [0.05, 0.1) is 77.5 Å². The van der Waals surface area contributed by atoms with Crippen molar-refractivity contribution in [1.29, 1.82) is 0 Å². The number of fused-ring (bicyclic) bond motifs is 1. The number of amides is 2. The molecule has 6 aromatic rings. The van der Waals surface area contributed by atoms with E-state index in [1.165, 1.54) is 7.11 Å². The Morgan fingerprint density at radius 3 is 1.46 bits per heavy atom. The van der Waals surface area contributed by atoms with Crippen molar-refractivity contribution in [3.8, 4) is 11.5 Å². The zero-order chi connectivity index (χ0) is 50.3. The first-order chi connectivity index (χ1) is 35.0. The van der Waals surface area contributed by atoms with Crippen LogP contribution in [0, 0.1) is 0 Å². The van der Waals surface area contributed by atoms with E-state index in [2.05, 4.69) is 0 Å². The van der Waals surface area contributed by atoms with Crippen LogP contribution in [0.3, 0.4) is 0 Å². The minimum atomic E-state index is -1.65. The van der Waals surface area contributed by atoms with Crippen LogP contribution in [0.5, 0.6) is 11.5 Å². The summed E-state index contributed by atoms with van der Waals surface area (Å²) in [6.07, 6.45) is -10.8. The summed E-state index contributed by atoms with van der Waals surface area (Å²) in [4.78, 5) is 30.7. The van der Waals surface area contributed by atoms with Gasteiger partial charge in [-0.25, -0.2) is 0 Å². The van der Waals surface area contributed by atoms with Crippen molar-refractivity contribution in [3.05, 3.63) is 199 Å². The third-order valence-electron chi connectivity index (χ3n) is 12.7. The van der Waals surface area contributed by atoms with Gasteiger partial charge in [0.1, 0.15) is 54.2 Å². The maximum absolute atomic E-state index is 14.9. The molecule has 0 saturated carbocycles. The van der Waals surface area contributed by atoms with Crippen molar-refractivity contribution in [1.82, 2.24) is 4.90 Å². The van der Waals surface area contributed by atoms with Crippen LogP contribution < -0.4 is 9.47 Å². The van der Waals surface area contributed by atoms with E-state index < -0.39 is 73.2 Å². The van der Waals surface area contributed by atoms with Gasteiger partial charge in [-0.15, -0.1) is 0 Å². The number of nitrogens with zero attached hydrogens (tertiary/aromatic N) is 1. The van der Waals surface area contributed by atoms with Gasteiger partial charge >= 0.3 is 0 Å². The lowest BCUT2D eigenvalue weighted by atomic mass is 9.94. The molecule has 1 N–H and O–H groups in total. The average molecular weight is 1060 g/mol. The second-order valence-electron chi connectivity index (χ2n) is 17.4. The molecule has 2 amide bonds. The number of rotatable bonds is 19. The van der Waals surface area contributed by atoms with Gasteiger partial charge in [-0.2, -0.15) is 0 Å². The molecule has 0 bridgehead atoms.